The summed E-state index contributed by atoms with van der Waals surface area (Å²) in [6, 6.07) is 82.3. The van der Waals surface area contributed by atoms with Crippen LogP contribution in [0.3, 0.4) is 0 Å². The van der Waals surface area contributed by atoms with Crippen molar-refractivity contribution in [3.8, 4) is 67.3 Å². The van der Waals surface area contributed by atoms with Gasteiger partial charge in [-0.25, -0.2) is 9.97 Å². The third kappa shape index (κ3) is 5.74. The summed E-state index contributed by atoms with van der Waals surface area (Å²) in [5.41, 5.74) is 18.4. The van der Waals surface area contributed by atoms with Crippen molar-refractivity contribution < 1.29 is 4.42 Å². The molecule has 9 aromatic carbocycles. The SMILES string of the molecule is c1ccc(-c2nc(-c3ccc(-c4ccc5oc6ccccc6c5c4)cc3)cc(-c3ccc(-c4cccc5c4C(c4ccccc4)(c4ccccc4)c4ccccc4-5)cc3)n2)cc1. The summed E-state index contributed by atoms with van der Waals surface area (Å²) in [4.78, 5) is 10.3. The van der Waals surface area contributed by atoms with Crippen molar-refractivity contribution in [2.24, 2.45) is 0 Å². The standard InChI is InChI=1S/C59H38N2O/c1-4-15-43(16-5-1)58-60-53(41-31-27-39(28-32-41)44-35-36-56-51(37-44)49-22-11-13-26-55(49)62-56)38-54(61-58)42-33-29-40(30-34-42)47-23-14-24-50-48-21-10-12-25-52(48)59(57(47)50,45-17-6-2-7-18-45)46-19-8-3-9-20-46/h1-38H. The van der Waals surface area contributed by atoms with Crippen LogP contribution < -0.4 is 0 Å². The van der Waals surface area contributed by atoms with E-state index in [4.69, 9.17) is 14.4 Å². The van der Waals surface area contributed by atoms with Crippen LogP contribution in [0.4, 0.5) is 0 Å². The molecule has 0 atom stereocenters. The first-order valence-corrected chi connectivity index (χ1v) is 21.1. The molecule has 0 saturated carbocycles. The lowest BCUT2D eigenvalue weighted by atomic mass is 9.66. The maximum Gasteiger partial charge on any atom is 0.160 e. The summed E-state index contributed by atoms with van der Waals surface area (Å²) in [5, 5.41) is 2.25. The molecule has 0 unspecified atom stereocenters. The molecule has 290 valence electrons. The first-order valence-electron chi connectivity index (χ1n) is 21.1. The lowest BCUT2D eigenvalue weighted by Gasteiger charge is -2.35. The Kier molecular flexibility index (Phi) is 8.39. The Labute approximate surface area is 360 Å². The maximum atomic E-state index is 6.10. The van der Waals surface area contributed by atoms with Crippen LogP contribution in [0.1, 0.15) is 22.3 Å². The van der Waals surface area contributed by atoms with Crippen molar-refractivity contribution in [1.29, 1.82) is 0 Å². The van der Waals surface area contributed by atoms with E-state index in [-0.39, 0.29) is 0 Å². The van der Waals surface area contributed by atoms with Crippen molar-refractivity contribution >= 4 is 21.9 Å². The van der Waals surface area contributed by atoms with Gasteiger partial charge in [-0.1, -0.05) is 206 Å². The second-order valence-corrected chi connectivity index (χ2v) is 16.0. The summed E-state index contributed by atoms with van der Waals surface area (Å²) >= 11 is 0. The molecule has 62 heavy (non-hydrogen) atoms. The second kappa shape index (κ2) is 14.5. The summed E-state index contributed by atoms with van der Waals surface area (Å²) in [6.45, 7) is 0. The average Bonchev–Trinajstić information content (AvgIpc) is 3.88. The normalized spacial score (nSPS) is 12.6. The monoisotopic (exact) mass is 790 g/mol. The molecular weight excluding hydrogens is 753 g/mol. The van der Waals surface area contributed by atoms with Crippen LogP contribution in [-0.4, -0.2) is 9.97 Å². The van der Waals surface area contributed by atoms with E-state index in [9.17, 15) is 0 Å². The first kappa shape index (κ1) is 35.8. The Balaban J connectivity index is 0.954. The quantitative estimate of drug-likeness (QED) is 0.161. The van der Waals surface area contributed by atoms with Gasteiger partial charge in [0.1, 0.15) is 11.2 Å². The molecule has 1 aliphatic rings. The highest BCUT2D eigenvalue weighted by atomic mass is 16.3. The number of furan rings is 1. The van der Waals surface area contributed by atoms with Crippen LogP contribution >= 0.6 is 0 Å². The third-order valence-corrected chi connectivity index (χ3v) is 12.6. The number of hydrogen-bond donors (Lipinski definition) is 0. The molecule has 0 fully saturated rings. The van der Waals surface area contributed by atoms with Gasteiger partial charge in [0.15, 0.2) is 5.82 Å². The fourth-order valence-electron chi connectivity index (χ4n) is 9.76. The lowest BCUT2D eigenvalue weighted by Crippen LogP contribution is -2.29. The molecule has 0 bridgehead atoms. The number of rotatable bonds is 7. The Morgan fingerprint density at radius 3 is 1.53 bits per heavy atom. The maximum absolute atomic E-state index is 6.10. The molecule has 2 aromatic heterocycles. The molecule has 0 spiro atoms. The fraction of sp³-hybridized carbons (Fsp3) is 0.0169. The van der Waals surface area contributed by atoms with Gasteiger partial charge in [0.05, 0.1) is 16.8 Å². The van der Waals surface area contributed by atoms with E-state index in [2.05, 4.69) is 200 Å². The van der Waals surface area contributed by atoms with Gasteiger partial charge in [-0.05, 0) is 79.9 Å². The summed E-state index contributed by atoms with van der Waals surface area (Å²) in [5.74, 6) is 0.692. The zero-order chi connectivity index (χ0) is 41.0. The van der Waals surface area contributed by atoms with Crippen molar-refractivity contribution in [2.45, 2.75) is 5.41 Å². The number of para-hydroxylation sites is 1. The molecule has 2 heterocycles. The molecule has 12 rings (SSSR count). The zero-order valence-electron chi connectivity index (χ0n) is 33.7. The molecule has 0 radical (unpaired) electrons. The Hall–Kier alpha value is -8.14. The van der Waals surface area contributed by atoms with Gasteiger partial charge in [-0.3, -0.25) is 0 Å². The van der Waals surface area contributed by atoms with Crippen molar-refractivity contribution in [2.75, 3.05) is 0 Å². The van der Waals surface area contributed by atoms with Gasteiger partial charge in [0.25, 0.3) is 0 Å². The van der Waals surface area contributed by atoms with E-state index in [1.807, 2.05) is 30.3 Å². The van der Waals surface area contributed by atoms with Crippen LogP contribution in [0.15, 0.2) is 235 Å². The number of hydrogen-bond acceptors (Lipinski definition) is 3. The summed E-state index contributed by atoms with van der Waals surface area (Å²) in [7, 11) is 0. The smallest absolute Gasteiger partial charge is 0.160 e. The molecule has 3 heteroatoms. The Morgan fingerprint density at radius 2 is 0.839 bits per heavy atom. The number of nitrogens with zero attached hydrogens (tertiary/aromatic N) is 2. The molecule has 1 aliphatic carbocycles. The van der Waals surface area contributed by atoms with Crippen LogP contribution in [0.2, 0.25) is 0 Å². The van der Waals surface area contributed by atoms with Crippen LogP contribution in [0, 0.1) is 0 Å². The van der Waals surface area contributed by atoms with E-state index in [0.29, 0.717) is 5.82 Å². The number of fused-ring (bicyclic) bond motifs is 6. The largest absolute Gasteiger partial charge is 0.456 e. The molecule has 0 amide bonds. The second-order valence-electron chi connectivity index (χ2n) is 16.0. The minimum atomic E-state index is -0.494. The predicted octanol–water partition coefficient (Wildman–Crippen LogP) is 15.1. The van der Waals surface area contributed by atoms with Crippen LogP contribution in [0.5, 0.6) is 0 Å². The van der Waals surface area contributed by atoms with Gasteiger partial charge >= 0.3 is 0 Å². The highest BCUT2D eigenvalue weighted by molar-refractivity contribution is 6.06. The molecule has 3 nitrogen and oxygen atoms in total. The Bertz CT molecular complexity index is 3390. The predicted molar refractivity (Wildman–Crippen MR) is 254 cm³/mol. The molecule has 0 aliphatic heterocycles. The van der Waals surface area contributed by atoms with E-state index < -0.39 is 5.41 Å². The van der Waals surface area contributed by atoms with E-state index >= 15 is 0 Å². The summed E-state index contributed by atoms with van der Waals surface area (Å²) < 4.78 is 6.10. The molecule has 11 aromatic rings. The number of aromatic nitrogens is 2. The van der Waals surface area contributed by atoms with Gasteiger partial charge in [0, 0.05) is 27.5 Å². The van der Waals surface area contributed by atoms with Gasteiger partial charge in [-0.2, -0.15) is 0 Å². The molecular formula is C59H38N2O. The molecule has 0 saturated heterocycles. The first-order chi connectivity index (χ1) is 30.7. The summed E-state index contributed by atoms with van der Waals surface area (Å²) in [6.07, 6.45) is 0. The highest BCUT2D eigenvalue weighted by Crippen LogP contribution is 2.58. The minimum absolute atomic E-state index is 0.494. The number of benzene rings is 9. The zero-order valence-corrected chi connectivity index (χ0v) is 33.7. The molecule has 0 N–H and O–H groups in total. The van der Waals surface area contributed by atoms with Crippen LogP contribution in [-0.2, 0) is 5.41 Å². The van der Waals surface area contributed by atoms with Gasteiger partial charge < -0.3 is 4.42 Å². The highest BCUT2D eigenvalue weighted by Gasteiger charge is 2.47. The van der Waals surface area contributed by atoms with E-state index in [1.54, 1.807) is 0 Å². The Morgan fingerprint density at radius 1 is 0.323 bits per heavy atom. The van der Waals surface area contributed by atoms with Crippen molar-refractivity contribution in [3.05, 3.63) is 253 Å². The van der Waals surface area contributed by atoms with E-state index in [1.165, 1.54) is 38.9 Å². The topological polar surface area (TPSA) is 38.9 Å². The fourth-order valence-corrected chi connectivity index (χ4v) is 9.76. The third-order valence-electron chi connectivity index (χ3n) is 12.6. The van der Waals surface area contributed by atoms with Gasteiger partial charge in [-0.15, -0.1) is 0 Å². The van der Waals surface area contributed by atoms with Crippen LogP contribution in [0.25, 0.3) is 89.2 Å². The van der Waals surface area contributed by atoms with Crippen molar-refractivity contribution in [1.82, 2.24) is 9.97 Å². The average molecular weight is 791 g/mol. The minimum Gasteiger partial charge on any atom is -0.456 e. The van der Waals surface area contributed by atoms with Gasteiger partial charge in [0.2, 0.25) is 0 Å². The van der Waals surface area contributed by atoms with E-state index in [0.717, 1.165) is 66.7 Å². The lowest BCUT2D eigenvalue weighted by molar-refractivity contribution is 0.669. The van der Waals surface area contributed by atoms with Crippen molar-refractivity contribution in [3.63, 3.8) is 0 Å².